The molecular formula is C38H42B3IO4P2. The second kappa shape index (κ2) is 19.1. The minimum Gasteiger partial charge on any atom is -0.473 e. The summed E-state index contributed by atoms with van der Waals surface area (Å²) in [4.78, 5) is 24.1. The fourth-order valence-electron chi connectivity index (χ4n) is 5.75. The van der Waals surface area contributed by atoms with E-state index >= 15 is 0 Å². The first-order valence-electron chi connectivity index (χ1n) is 17.3. The second-order valence-electron chi connectivity index (χ2n) is 11.5. The molecular weight excluding hydrogens is 742 g/mol. The molecule has 0 spiro atoms. The summed E-state index contributed by atoms with van der Waals surface area (Å²) in [5.41, 5.74) is 9.76. The molecule has 0 amide bonds. The average Bonchev–Trinajstić information content (AvgIpc) is 3.63. The summed E-state index contributed by atoms with van der Waals surface area (Å²) in [7, 11) is 3.31. The van der Waals surface area contributed by atoms with Gasteiger partial charge < -0.3 is 9.47 Å². The number of carbonyl (C=O) groups is 2. The number of halogens is 1. The molecule has 10 heteroatoms. The van der Waals surface area contributed by atoms with Crippen molar-refractivity contribution in [1.82, 2.24) is 0 Å². The Morgan fingerprint density at radius 1 is 0.688 bits per heavy atom. The zero-order chi connectivity index (χ0) is 36.4. The third kappa shape index (κ3) is 9.86. The Balaban J connectivity index is 0.000000215. The van der Waals surface area contributed by atoms with Crippen LogP contribution < -0.4 is 0 Å². The van der Waals surface area contributed by atoms with Crippen molar-refractivity contribution in [3.63, 3.8) is 0 Å². The lowest BCUT2D eigenvalue weighted by Crippen LogP contribution is -2.18. The smallest absolute Gasteiger partial charge is 0.291 e. The maximum atomic E-state index is 12.1. The van der Waals surface area contributed by atoms with E-state index in [-0.39, 0.29) is 39.5 Å². The van der Waals surface area contributed by atoms with Gasteiger partial charge in [-0.2, -0.15) is 0 Å². The summed E-state index contributed by atoms with van der Waals surface area (Å²) in [6, 6.07) is 33.0. The highest BCUT2D eigenvalue weighted by atomic mass is 127. The number of hydrogen-bond acceptors (Lipinski definition) is 4. The maximum absolute atomic E-state index is 12.1. The topological polar surface area (TPSA) is 52.6 Å². The molecule has 0 aliphatic heterocycles. The van der Waals surface area contributed by atoms with Gasteiger partial charge in [-0.1, -0.05) is 154 Å². The Labute approximate surface area is 309 Å². The van der Waals surface area contributed by atoms with Crippen molar-refractivity contribution in [2.45, 2.75) is 61.6 Å². The van der Waals surface area contributed by atoms with Gasteiger partial charge in [0.15, 0.2) is 0 Å². The molecule has 4 unspecified atom stereocenters. The number of fused-ring (bicyclic) bond motifs is 6. The van der Waals surface area contributed by atoms with E-state index in [4.69, 9.17) is 19.9 Å². The zero-order valence-electron chi connectivity index (χ0n) is 30.2. The molecule has 4 aromatic rings. The summed E-state index contributed by atoms with van der Waals surface area (Å²) in [6.07, 6.45) is 0. The van der Waals surface area contributed by atoms with Crippen LogP contribution in [-0.2, 0) is 9.47 Å². The van der Waals surface area contributed by atoms with E-state index < -0.39 is 22.7 Å². The van der Waals surface area contributed by atoms with Crippen LogP contribution >= 0.6 is 39.4 Å². The summed E-state index contributed by atoms with van der Waals surface area (Å²) >= 11 is 2.09. The van der Waals surface area contributed by atoms with Crippen molar-refractivity contribution < 1.29 is 19.1 Å². The van der Waals surface area contributed by atoms with Crippen LogP contribution in [0, 0.1) is 0 Å². The first-order valence-corrected chi connectivity index (χ1v) is 19.7. The van der Waals surface area contributed by atoms with Crippen LogP contribution in [0.15, 0.2) is 97.1 Å². The van der Waals surface area contributed by atoms with Crippen LogP contribution in [0.4, 0.5) is 9.59 Å². The van der Waals surface area contributed by atoms with Gasteiger partial charge in [0.05, 0.1) is 7.85 Å². The van der Waals surface area contributed by atoms with Gasteiger partial charge in [0.1, 0.15) is 13.2 Å². The van der Waals surface area contributed by atoms with Gasteiger partial charge in [-0.3, -0.25) is 9.59 Å². The molecule has 6 rings (SSSR count). The number of carbonyl (C=O) groups excluding carboxylic acids is 2. The Morgan fingerprint density at radius 2 is 1.00 bits per heavy atom. The Morgan fingerprint density at radius 3 is 1.31 bits per heavy atom. The van der Waals surface area contributed by atoms with Gasteiger partial charge in [-0.25, -0.2) is 0 Å². The third-order valence-corrected chi connectivity index (χ3v) is 11.8. The lowest BCUT2D eigenvalue weighted by Gasteiger charge is -2.16. The van der Waals surface area contributed by atoms with Crippen molar-refractivity contribution in [2.75, 3.05) is 13.2 Å². The summed E-state index contributed by atoms with van der Waals surface area (Å²) < 4.78 is 26.8. The average molecular weight is 786 g/mol. The monoisotopic (exact) mass is 786 g/mol. The Bertz CT molecular complexity index is 1660. The van der Waals surface area contributed by atoms with Crippen molar-refractivity contribution in [3.05, 3.63) is 119 Å². The highest BCUT2D eigenvalue weighted by Gasteiger charge is 2.30. The highest BCUT2D eigenvalue weighted by molar-refractivity contribution is 14.1. The third-order valence-electron chi connectivity index (χ3n) is 8.06. The molecule has 2 aliphatic rings. The number of benzene rings is 4. The van der Waals surface area contributed by atoms with Crippen molar-refractivity contribution >= 4 is 73.0 Å². The standard InChI is InChI=1S/C18H17B2IO2P.C18H19BO2P.C2H6/c1-11(17(19)21)24-20-18(22)23-10-16-14-8-4-2-6-12(14)13-7-3-5-9-15(13)16;1-12(2)22-19-18(20)21-11-17-15-9-5-3-7-13(15)14-8-4-6-10-16(14)17;1-2/h2-9,11,16-17,24H,10H2,1H3;3-10,12,17,22H,11H2,1-2H3;1-2H3/i24D;22D;. The first kappa shape index (κ1) is 35.4. The lowest BCUT2D eigenvalue weighted by atomic mass is 9.98. The molecule has 48 heavy (non-hydrogen) atoms. The molecule has 0 saturated heterocycles. The molecule has 2 aliphatic carbocycles. The highest BCUT2D eigenvalue weighted by Crippen LogP contribution is 2.45. The quantitative estimate of drug-likeness (QED) is 0.0658. The van der Waals surface area contributed by atoms with Crippen molar-refractivity contribution in [2.24, 2.45) is 0 Å². The number of alkyl halides is 1. The molecule has 4 aromatic carbocycles. The van der Waals surface area contributed by atoms with Crippen molar-refractivity contribution in [1.29, 1.82) is 2.56 Å². The van der Waals surface area contributed by atoms with Gasteiger partial charge in [0, 0.05) is 14.4 Å². The van der Waals surface area contributed by atoms with E-state index in [9.17, 15) is 9.59 Å². The minimum absolute atomic E-state index is 0.0453. The molecule has 0 saturated carbocycles. The summed E-state index contributed by atoms with van der Waals surface area (Å²) in [5.74, 6) is -0.671. The van der Waals surface area contributed by atoms with Gasteiger partial charge >= 0.3 is 0 Å². The van der Waals surface area contributed by atoms with Crippen LogP contribution in [0.3, 0.4) is 0 Å². The van der Waals surface area contributed by atoms with Gasteiger partial charge in [-0.15, -0.1) is 16.8 Å². The van der Waals surface area contributed by atoms with E-state index in [1.807, 2.05) is 83.1 Å². The Hall–Kier alpha value is -2.40. The molecule has 0 N–H and O–H groups in total. The Kier molecular flexibility index (Phi) is 14.1. The number of rotatable bonds is 11. The van der Waals surface area contributed by atoms with Gasteiger partial charge in [0.25, 0.3) is 25.7 Å². The summed E-state index contributed by atoms with van der Waals surface area (Å²) in [6.45, 7) is 13.2. The molecule has 4 radical (unpaired) electrons. The van der Waals surface area contributed by atoms with E-state index in [0.717, 1.165) is 0 Å². The van der Waals surface area contributed by atoms with Crippen LogP contribution in [0.1, 0.15) is 68.7 Å². The van der Waals surface area contributed by atoms with Gasteiger partial charge in [-0.05, 0) is 59.6 Å². The maximum Gasteiger partial charge on any atom is 0.291 e. The summed E-state index contributed by atoms with van der Waals surface area (Å²) in [5, 5.41) is 0. The van der Waals surface area contributed by atoms with Crippen LogP contribution in [0.25, 0.3) is 22.3 Å². The second-order valence-corrected chi connectivity index (χ2v) is 15.9. The largest absolute Gasteiger partial charge is 0.473 e. The molecule has 0 aromatic heterocycles. The predicted molar refractivity (Wildman–Crippen MR) is 218 cm³/mol. The van der Waals surface area contributed by atoms with E-state index in [1.54, 1.807) is 0 Å². The first-order chi connectivity index (χ1) is 24.1. The minimum atomic E-state index is -1.33. The SMILES string of the molecule is CC.[2H]P([B]C(=O)OCC1c2ccccc2-c2ccccc21)C(C)C.[2H]P([B]C(=O)OCC1c2ccccc2-c2ccccc21)C(C)C([B])I. The van der Waals surface area contributed by atoms with E-state index in [0.29, 0.717) is 6.61 Å². The number of hydrogen-bond donors (Lipinski definition) is 0. The molecule has 0 bridgehead atoms. The van der Waals surface area contributed by atoms with Crippen LogP contribution in [0.5, 0.6) is 0 Å². The fraction of sp³-hybridized carbons (Fsp3) is 0.316. The molecule has 4 nitrogen and oxygen atoms in total. The lowest BCUT2D eigenvalue weighted by molar-refractivity contribution is 0.168. The fourth-order valence-corrected chi connectivity index (χ4v) is 7.40. The normalized spacial score (nSPS) is 15.6. The van der Waals surface area contributed by atoms with Crippen molar-refractivity contribution in [3.8, 4) is 22.3 Å². The molecule has 244 valence electrons. The zero-order valence-corrected chi connectivity index (χ0v) is 32.1. The molecule has 4 atom stereocenters. The van der Waals surface area contributed by atoms with E-state index in [2.05, 4.69) is 71.1 Å². The molecule has 0 heterocycles. The van der Waals surface area contributed by atoms with Crippen LogP contribution in [-0.4, -0.2) is 64.5 Å². The predicted octanol–water partition coefficient (Wildman–Crippen LogP) is 10.2. The molecule has 0 fully saturated rings. The van der Waals surface area contributed by atoms with Crippen LogP contribution in [0.2, 0.25) is 0 Å². The van der Waals surface area contributed by atoms with Gasteiger partial charge in [0.2, 0.25) is 0 Å². The number of ether oxygens (including phenoxy) is 2. The van der Waals surface area contributed by atoms with E-state index in [1.165, 1.54) is 58.5 Å².